The summed E-state index contributed by atoms with van der Waals surface area (Å²) in [7, 11) is 0. The van der Waals surface area contributed by atoms with E-state index in [1.54, 1.807) is 17.3 Å². The maximum absolute atomic E-state index is 4.22. The summed E-state index contributed by atoms with van der Waals surface area (Å²) in [6.45, 7) is 2.23. The van der Waals surface area contributed by atoms with Crippen LogP contribution >= 0.6 is 0 Å². The van der Waals surface area contributed by atoms with Crippen LogP contribution in [0, 0.1) is 13.0 Å². The van der Waals surface area contributed by atoms with Gasteiger partial charge in [-0.3, -0.25) is 0 Å². The minimum atomic E-state index is 0. The summed E-state index contributed by atoms with van der Waals surface area (Å²) in [4.78, 5) is 4.22. The Bertz CT molecular complexity index is 701. The minimum absolute atomic E-state index is 0. The number of aryl methyl sites for hydroxylation is 2. The largest absolute Gasteiger partial charge is 0.305 e. The van der Waals surface area contributed by atoms with Gasteiger partial charge in [0, 0.05) is 26.3 Å². The van der Waals surface area contributed by atoms with Crippen LogP contribution in [0.4, 0.5) is 0 Å². The van der Waals surface area contributed by atoms with Crippen molar-refractivity contribution in [2.24, 2.45) is 0 Å². The fraction of sp³-hybridized carbons (Fsp3) is 0.227. The van der Waals surface area contributed by atoms with E-state index in [-0.39, 0.29) is 20.1 Å². The predicted molar refractivity (Wildman–Crippen MR) is 96.3 cm³/mol. The summed E-state index contributed by atoms with van der Waals surface area (Å²) in [6.07, 6.45) is 7.17. The van der Waals surface area contributed by atoms with E-state index in [2.05, 4.69) is 36.2 Å². The third kappa shape index (κ3) is 4.87. The number of aromatic nitrogens is 1. The van der Waals surface area contributed by atoms with E-state index >= 15 is 0 Å². The van der Waals surface area contributed by atoms with Crippen molar-refractivity contribution in [3.8, 4) is 11.3 Å². The smallest absolute Gasteiger partial charge is 0.0160 e. The summed E-state index contributed by atoms with van der Waals surface area (Å²) < 4.78 is 0. The van der Waals surface area contributed by atoms with E-state index in [1.807, 2.05) is 42.5 Å². The summed E-state index contributed by atoms with van der Waals surface area (Å²) in [5, 5.41) is 0. The molecular weight excluding hydrogens is 470 g/mol. The fourth-order valence-electron chi connectivity index (χ4n) is 3.05. The van der Waals surface area contributed by atoms with Crippen LogP contribution in [-0.2, 0) is 32.9 Å². The molecule has 4 rings (SSSR count). The average molecular weight is 493 g/mol. The van der Waals surface area contributed by atoms with Crippen LogP contribution in [0.25, 0.3) is 11.3 Å². The quantitative estimate of drug-likeness (QED) is 0.414. The van der Waals surface area contributed by atoms with Crippen LogP contribution in [0.1, 0.15) is 29.5 Å². The molecule has 0 atom stereocenters. The molecule has 1 aromatic heterocycles. The molecule has 0 spiro atoms. The first-order chi connectivity index (χ1) is 11.3. The molecule has 2 heteroatoms. The van der Waals surface area contributed by atoms with Gasteiger partial charge in [-0.1, -0.05) is 30.3 Å². The van der Waals surface area contributed by atoms with Gasteiger partial charge in [-0.2, -0.15) is 0 Å². The van der Waals surface area contributed by atoms with Gasteiger partial charge in [-0.15, -0.1) is 35.9 Å². The average Bonchev–Trinajstić information content (AvgIpc) is 2.64. The Balaban J connectivity index is 0.000000167. The van der Waals surface area contributed by atoms with Crippen molar-refractivity contribution in [2.45, 2.75) is 32.6 Å². The molecule has 0 saturated carbocycles. The molecule has 1 radical (unpaired) electrons. The Morgan fingerprint density at radius 2 is 1.71 bits per heavy atom. The number of pyridine rings is 1. The van der Waals surface area contributed by atoms with Gasteiger partial charge in [0.05, 0.1) is 0 Å². The van der Waals surface area contributed by atoms with Gasteiger partial charge >= 0.3 is 0 Å². The van der Waals surface area contributed by atoms with Gasteiger partial charge in [0.25, 0.3) is 0 Å². The van der Waals surface area contributed by atoms with E-state index in [0.717, 1.165) is 11.3 Å². The summed E-state index contributed by atoms with van der Waals surface area (Å²) in [5.41, 5.74) is 6.72. The molecule has 125 valence electrons. The number of hydrogen-bond acceptors (Lipinski definition) is 1. The topological polar surface area (TPSA) is 12.9 Å². The van der Waals surface area contributed by atoms with E-state index in [1.165, 1.54) is 31.2 Å². The molecule has 3 aromatic rings. The zero-order valence-corrected chi connectivity index (χ0v) is 16.4. The van der Waals surface area contributed by atoms with Gasteiger partial charge in [0.15, 0.2) is 0 Å². The second-order valence-corrected chi connectivity index (χ2v) is 5.91. The van der Waals surface area contributed by atoms with Crippen molar-refractivity contribution in [1.29, 1.82) is 0 Å². The molecule has 24 heavy (non-hydrogen) atoms. The van der Waals surface area contributed by atoms with E-state index in [0.29, 0.717) is 0 Å². The second-order valence-electron chi connectivity index (χ2n) is 5.91. The first-order valence-electron chi connectivity index (χ1n) is 8.30. The molecule has 2 aromatic carbocycles. The fourth-order valence-corrected chi connectivity index (χ4v) is 3.05. The minimum Gasteiger partial charge on any atom is -0.305 e. The Morgan fingerprint density at radius 1 is 0.875 bits per heavy atom. The molecule has 1 heterocycles. The molecular formula is C22H22IrN-. The van der Waals surface area contributed by atoms with Crippen LogP contribution in [0.15, 0.2) is 66.9 Å². The number of fused-ring (bicyclic) bond motifs is 1. The second kappa shape index (κ2) is 9.51. The first kappa shape index (κ1) is 18.6. The molecule has 0 fully saturated rings. The van der Waals surface area contributed by atoms with Gasteiger partial charge < -0.3 is 4.98 Å². The van der Waals surface area contributed by atoms with Gasteiger partial charge in [0.2, 0.25) is 0 Å². The maximum Gasteiger partial charge on any atom is 0.0160 e. The Labute approximate surface area is 158 Å². The van der Waals surface area contributed by atoms with Crippen molar-refractivity contribution < 1.29 is 20.1 Å². The van der Waals surface area contributed by atoms with E-state index < -0.39 is 0 Å². The summed E-state index contributed by atoms with van der Waals surface area (Å²) in [6, 6.07) is 23.5. The van der Waals surface area contributed by atoms with Crippen molar-refractivity contribution >= 4 is 0 Å². The number of nitrogens with zero attached hydrogens (tertiary/aromatic N) is 1. The van der Waals surface area contributed by atoms with Crippen LogP contribution in [0.2, 0.25) is 0 Å². The summed E-state index contributed by atoms with van der Waals surface area (Å²) in [5.74, 6) is 0. The van der Waals surface area contributed by atoms with E-state index in [4.69, 9.17) is 0 Å². The van der Waals surface area contributed by atoms with Crippen LogP contribution < -0.4 is 0 Å². The van der Waals surface area contributed by atoms with Crippen LogP contribution in [-0.4, -0.2) is 4.98 Å². The standard InChI is InChI=1S/C11H8N.C11H14.Ir/c1-2-6-10(7-3-1)11-8-4-5-9-12-11;1-9-5-4-7-10-6-2-3-8-11(9)10;/h1-6,8-9H;4-5,7H,2-3,6,8H2,1H3;/q-1;;. The number of benzene rings is 2. The van der Waals surface area contributed by atoms with Crippen molar-refractivity contribution in [3.05, 3.63) is 89.6 Å². The van der Waals surface area contributed by atoms with Gasteiger partial charge in [-0.05, 0) is 61.1 Å². The zero-order chi connectivity index (χ0) is 15.9. The Morgan fingerprint density at radius 3 is 2.42 bits per heavy atom. The summed E-state index contributed by atoms with van der Waals surface area (Å²) >= 11 is 0. The number of rotatable bonds is 1. The molecule has 0 N–H and O–H groups in total. The zero-order valence-electron chi connectivity index (χ0n) is 14.0. The Hall–Kier alpha value is -1.76. The van der Waals surface area contributed by atoms with Crippen LogP contribution in [0.5, 0.6) is 0 Å². The van der Waals surface area contributed by atoms with Gasteiger partial charge in [0.1, 0.15) is 0 Å². The molecule has 1 aliphatic rings. The van der Waals surface area contributed by atoms with Crippen molar-refractivity contribution in [3.63, 3.8) is 0 Å². The van der Waals surface area contributed by atoms with E-state index in [9.17, 15) is 0 Å². The molecule has 0 unspecified atom stereocenters. The molecule has 1 aliphatic carbocycles. The normalized spacial score (nSPS) is 12.2. The van der Waals surface area contributed by atoms with Crippen molar-refractivity contribution in [2.75, 3.05) is 0 Å². The molecule has 0 saturated heterocycles. The molecule has 0 aliphatic heterocycles. The third-order valence-corrected chi connectivity index (χ3v) is 4.28. The van der Waals surface area contributed by atoms with Crippen molar-refractivity contribution in [1.82, 2.24) is 4.98 Å². The van der Waals surface area contributed by atoms with Crippen LogP contribution in [0.3, 0.4) is 0 Å². The monoisotopic (exact) mass is 493 g/mol. The molecule has 0 amide bonds. The number of hydrogen-bond donors (Lipinski definition) is 0. The van der Waals surface area contributed by atoms with Gasteiger partial charge in [-0.25, -0.2) is 0 Å². The first-order valence-corrected chi connectivity index (χ1v) is 8.30. The maximum atomic E-state index is 4.22. The Kier molecular flexibility index (Phi) is 7.36. The molecule has 1 nitrogen and oxygen atoms in total. The third-order valence-electron chi connectivity index (χ3n) is 4.28. The predicted octanol–water partition coefficient (Wildman–Crippen LogP) is 5.42. The molecule has 0 bridgehead atoms. The SMILES string of the molecule is Cc1cccc2c1CCCC2.[Ir].[c-]1ccccc1-c1ccccn1.